The van der Waals surface area contributed by atoms with Gasteiger partial charge in [0.2, 0.25) is 5.91 Å². The molecule has 6 nitrogen and oxygen atoms in total. The molecule has 6 heteroatoms. The van der Waals surface area contributed by atoms with Crippen molar-refractivity contribution in [2.45, 2.75) is 25.8 Å². The van der Waals surface area contributed by atoms with Gasteiger partial charge in [0.1, 0.15) is 24.0 Å². The molecule has 0 aromatic carbocycles. The van der Waals surface area contributed by atoms with Crippen LogP contribution in [0.1, 0.15) is 18.9 Å². The van der Waals surface area contributed by atoms with E-state index in [2.05, 4.69) is 20.6 Å². The highest BCUT2D eigenvalue weighted by Gasteiger charge is 2.29. The van der Waals surface area contributed by atoms with Crippen LogP contribution in [-0.2, 0) is 11.2 Å². The summed E-state index contributed by atoms with van der Waals surface area (Å²) in [4.78, 5) is 22.0. The minimum atomic E-state index is -0.167. The summed E-state index contributed by atoms with van der Waals surface area (Å²) in [7, 11) is 3.66. The van der Waals surface area contributed by atoms with Crippen molar-refractivity contribution in [3.8, 4) is 0 Å². The second-order valence-electron chi connectivity index (χ2n) is 4.40. The van der Waals surface area contributed by atoms with Gasteiger partial charge in [-0.1, -0.05) is 6.92 Å². The van der Waals surface area contributed by atoms with Crippen LogP contribution in [0.15, 0.2) is 6.33 Å². The van der Waals surface area contributed by atoms with Crippen molar-refractivity contribution in [2.24, 2.45) is 0 Å². The zero-order valence-electron chi connectivity index (χ0n) is 11.0. The van der Waals surface area contributed by atoms with Gasteiger partial charge in [0.25, 0.3) is 0 Å². The summed E-state index contributed by atoms with van der Waals surface area (Å²) < 4.78 is 0. The highest BCUT2D eigenvalue weighted by Crippen LogP contribution is 2.22. The first kappa shape index (κ1) is 12.6. The number of likely N-dealkylation sites (tertiary alicyclic amines) is 1. The Morgan fingerprint density at radius 2 is 2.17 bits per heavy atom. The second-order valence-corrected chi connectivity index (χ2v) is 4.40. The van der Waals surface area contributed by atoms with E-state index in [1.165, 1.54) is 6.33 Å². The van der Waals surface area contributed by atoms with E-state index < -0.39 is 0 Å². The molecule has 0 radical (unpaired) electrons. The normalized spacial score (nSPS) is 19.2. The summed E-state index contributed by atoms with van der Waals surface area (Å²) >= 11 is 0. The first-order chi connectivity index (χ1) is 8.67. The number of aromatic nitrogens is 2. The van der Waals surface area contributed by atoms with Crippen molar-refractivity contribution in [2.75, 3.05) is 31.3 Å². The Labute approximate surface area is 107 Å². The molecule has 2 N–H and O–H groups in total. The van der Waals surface area contributed by atoms with Gasteiger partial charge < -0.3 is 15.5 Å². The number of carbonyl (C=O) groups is 1. The van der Waals surface area contributed by atoms with Gasteiger partial charge in [0.15, 0.2) is 0 Å². The fraction of sp³-hybridized carbons (Fsp3) is 0.583. The summed E-state index contributed by atoms with van der Waals surface area (Å²) in [5.41, 5.74) is 1.02. The molecule has 2 rings (SSSR count). The van der Waals surface area contributed by atoms with Crippen LogP contribution < -0.4 is 10.6 Å². The molecular weight excluding hydrogens is 230 g/mol. The quantitative estimate of drug-likeness (QED) is 0.823. The molecule has 1 amide bonds. The monoisotopic (exact) mass is 249 g/mol. The predicted molar refractivity (Wildman–Crippen MR) is 70.6 cm³/mol. The Morgan fingerprint density at radius 3 is 2.72 bits per heavy atom. The molecule has 0 bridgehead atoms. The number of nitrogens with one attached hydrogen (secondary N) is 2. The third-order valence-electron chi connectivity index (χ3n) is 3.27. The van der Waals surface area contributed by atoms with Gasteiger partial charge in [-0.3, -0.25) is 4.79 Å². The Morgan fingerprint density at radius 1 is 1.44 bits per heavy atom. The third-order valence-corrected chi connectivity index (χ3v) is 3.27. The highest BCUT2D eigenvalue weighted by molar-refractivity contribution is 5.86. The average Bonchev–Trinajstić information content (AvgIpc) is 2.70. The lowest BCUT2D eigenvalue weighted by Crippen LogP contribution is -2.31. The SMILES string of the molecule is CCc1c(NC)ncnc1NC1CCN(C)C1=O. The van der Waals surface area contributed by atoms with Crippen LogP contribution in [0.5, 0.6) is 0 Å². The molecule has 1 aromatic heterocycles. The first-order valence-electron chi connectivity index (χ1n) is 6.20. The second kappa shape index (κ2) is 5.20. The molecular formula is C12H19N5O. The molecule has 0 saturated carbocycles. The standard InChI is InChI=1S/C12H19N5O/c1-4-8-10(13-2)14-7-15-11(8)16-9-5-6-17(3)12(9)18/h7,9H,4-6H2,1-3H3,(H2,13,14,15,16). The molecule has 98 valence electrons. The smallest absolute Gasteiger partial charge is 0.244 e. The van der Waals surface area contributed by atoms with E-state index in [9.17, 15) is 4.79 Å². The number of hydrogen-bond donors (Lipinski definition) is 2. The summed E-state index contributed by atoms with van der Waals surface area (Å²) in [5, 5.41) is 6.28. The van der Waals surface area contributed by atoms with Gasteiger partial charge in [0.05, 0.1) is 0 Å². The van der Waals surface area contributed by atoms with Crippen LogP contribution >= 0.6 is 0 Å². The van der Waals surface area contributed by atoms with E-state index in [1.54, 1.807) is 4.90 Å². The van der Waals surface area contributed by atoms with Crippen LogP contribution in [0.3, 0.4) is 0 Å². The molecule has 1 aliphatic heterocycles. The van der Waals surface area contributed by atoms with Gasteiger partial charge in [0, 0.05) is 26.2 Å². The third kappa shape index (κ3) is 2.23. The van der Waals surface area contributed by atoms with Crippen molar-refractivity contribution in [1.29, 1.82) is 0 Å². The predicted octanol–water partition coefficient (Wildman–Crippen LogP) is 0.723. The van der Waals surface area contributed by atoms with Gasteiger partial charge in [-0.15, -0.1) is 0 Å². The maximum atomic E-state index is 11.9. The van der Waals surface area contributed by atoms with Gasteiger partial charge >= 0.3 is 0 Å². The molecule has 18 heavy (non-hydrogen) atoms. The molecule has 1 aliphatic rings. The van der Waals surface area contributed by atoms with Crippen molar-refractivity contribution in [3.05, 3.63) is 11.9 Å². The van der Waals surface area contributed by atoms with Crippen molar-refractivity contribution in [3.63, 3.8) is 0 Å². The van der Waals surface area contributed by atoms with E-state index in [0.29, 0.717) is 0 Å². The number of rotatable bonds is 4. The average molecular weight is 249 g/mol. The minimum Gasteiger partial charge on any atom is -0.373 e. The van der Waals surface area contributed by atoms with E-state index in [0.717, 1.165) is 36.6 Å². The molecule has 1 fully saturated rings. The minimum absolute atomic E-state index is 0.127. The summed E-state index contributed by atoms with van der Waals surface area (Å²) in [6.07, 6.45) is 3.14. The maximum absolute atomic E-state index is 11.9. The zero-order valence-corrected chi connectivity index (χ0v) is 11.0. The van der Waals surface area contributed by atoms with Crippen molar-refractivity contribution < 1.29 is 4.79 Å². The van der Waals surface area contributed by atoms with E-state index in [4.69, 9.17) is 0 Å². The lowest BCUT2D eigenvalue weighted by atomic mass is 10.2. The summed E-state index contributed by atoms with van der Waals surface area (Å²) in [6, 6.07) is -0.167. The number of carbonyl (C=O) groups excluding carboxylic acids is 1. The van der Waals surface area contributed by atoms with Crippen LogP contribution in [0.4, 0.5) is 11.6 Å². The Balaban J connectivity index is 2.21. The molecule has 1 saturated heterocycles. The van der Waals surface area contributed by atoms with Gasteiger partial charge in [-0.05, 0) is 12.8 Å². The molecule has 1 aromatic rings. The van der Waals surface area contributed by atoms with E-state index in [-0.39, 0.29) is 11.9 Å². The highest BCUT2D eigenvalue weighted by atomic mass is 16.2. The zero-order chi connectivity index (χ0) is 13.1. The van der Waals surface area contributed by atoms with Gasteiger partial charge in [-0.2, -0.15) is 0 Å². The lowest BCUT2D eigenvalue weighted by Gasteiger charge is -2.16. The Hall–Kier alpha value is -1.85. The van der Waals surface area contributed by atoms with E-state index in [1.807, 2.05) is 21.0 Å². The molecule has 0 spiro atoms. The van der Waals surface area contributed by atoms with Gasteiger partial charge in [-0.25, -0.2) is 9.97 Å². The van der Waals surface area contributed by atoms with E-state index >= 15 is 0 Å². The van der Waals surface area contributed by atoms with Crippen LogP contribution in [-0.4, -0.2) is 47.5 Å². The number of hydrogen-bond acceptors (Lipinski definition) is 5. The number of amides is 1. The number of likely N-dealkylation sites (N-methyl/N-ethyl adjacent to an activating group) is 1. The molecule has 0 aliphatic carbocycles. The van der Waals surface area contributed by atoms with Crippen molar-refractivity contribution in [1.82, 2.24) is 14.9 Å². The van der Waals surface area contributed by atoms with Crippen LogP contribution in [0, 0.1) is 0 Å². The molecule has 1 atom stereocenters. The molecule has 1 unspecified atom stereocenters. The largest absolute Gasteiger partial charge is 0.373 e. The molecule has 2 heterocycles. The Kier molecular flexibility index (Phi) is 3.64. The fourth-order valence-corrected chi connectivity index (χ4v) is 2.21. The van der Waals surface area contributed by atoms with Crippen LogP contribution in [0.25, 0.3) is 0 Å². The summed E-state index contributed by atoms with van der Waals surface area (Å²) in [6.45, 7) is 2.84. The topological polar surface area (TPSA) is 70.2 Å². The summed E-state index contributed by atoms with van der Waals surface area (Å²) in [5.74, 6) is 1.70. The Bertz CT molecular complexity index is 448. The number of nitrogens with zero attached hydrogens (tertiary/aromatic N) is 3. The first-order valence-corrected chi connectivity index (χ1v) is 6.20. The van der Waals surface area contributed by atoms with Crippen molar-refractivity contribution >= 4 is 17.5 Å². The lowest BCUT2D eigenvalue weighted by molar-refractivity contribution is -0.127. The number of anilines is 2. The fourth-order valence-electron chi connectivity index (χ4n) is 2.21. The van der Waals surface area contributed by atoms with Crippen LogP contribution in [0.2, 0.25) is 0 Å². The maximum Gasteiger partial charge on any atom is 0.244 e.